The first-order valence-electron chi connectivity index (χ1n) is 4.99. The van der Waals surface area contributed by atoms with E-state index in [1.165, 1.54) is 11.3 Å². The van der Waals surface area contributed by atoms with Crippen LogP contribution in [-0.4, -0.2) is 25.0 Å². The highest BCUT2D eigenvalue weighted by atomic mass is 32.1. The van der Waals surface area contributed by atoms with Crippen LogP contribution in [0, 0.1) is 6.92 Å². The summed E-state index contributed by atoms with van der Waals surface area (Å²) >= 11 is 1.51. The van der Waals surface area contributed by atoms with Crippen molar-refractivity contribution < 1.29 is 0 Å². The Labute approximate surface area is 99.9 Å². The predicted molar refractivity (Wildman–Crippen MR) is 64.4 cm³/mol. The molecule has 0 saturated heterocycles. The molecule has 0 spiro atoms. The van der Waals surface area contributed by atoms with Crippen LogP contribution in [0.3, 0.4) is 0 Å². The van der Waals surface area contributed by atoms with Crippen molar-refractivity contribution in [3.05, 3.63) is 39.9 Å². The number of aromatic amines is 2. The Balaban J connectivity index is 2.10. The number of hydrogen-bond donors (Lipinski definition) is 2. The molecule has 17 heavy (non-hydrogen) atoms. The van der Waals surface area contributed by atoms with Crippen LogP contribution in [0.15, 0.2) is 28.6 Å². The van der Waals surface area contributed by atoms with Gasteiger partial charge in [-0.05, 0) is 13.0 Å². The highest BCUT2D eigenvalue weighted by Gasteiger charge is 2.11. The highest BCUT2D eigenvalue weighted by molar-refractivity contribution is 7.13. The second kappa shape index (κ2) is 3.70. The van der Waals surface area contributed by atoms with Crippen molar-refractivity contribution in [2.24, 2.45) is 0 Å². The van der Waals surface area contributed by atoms with E-state index in [1.807, 2.05) is 18.4 Å². The number of nitrogens with zero attached hydrogens (tertiary/aromatic N) is 3. The molecule has 0 unspecified atom stereocenters. The molecule has 0 aromatic carbocycles. The van der Waals surface area contributed by atoms with Gasteiger partial charge >= 0.3 is 0 Å². The Morgan fingerprint density at radius 1 is 1.41 bits per heavy atom. The van der Waals surface area contributed by atoms with Crippen molar-refractivity contribution in [2.75, 3.05) is 0 Å². The van der Waals surface area contributed by atoms with Crippen LogP contribution in [0.25, 0.3) is 16.4 Å². The molecule has 3 aromatic rings. The summed E-state index contributed by atoms with van der Waals surface area (Å²) in [5, 5.41) is 12.4. The summed E-state index contributed by atoms with van der Waals surface area (Å²) in [6.45, 7) is 1.82. The van der Waals surface area contributed by atoms with E-state index < -0.39 is 0 Å². The maximum atomic E-state index is 11.6. The van der Waals surface area contributed by atoms with E-state index in [4.69, 9.17) is 0 Å². The number of aryl methyl sites for hydroxylation is 1. The highest BCUT2D eigenvalue weighted by Crippen LogP contribution is 2.20. The van der Waals surface area contributed by atoms with Crippen molar-refractivity contribution in [3.8, 4) is 16.4 Å². The Kier molecular flexibility index (Phi) is 2.19. The molecule has 0 bridgehead atoms. The lowest BCUT2D eigenvalue weighted by molar-refractivity contribution is 0.870. The van der Waals surface area contributed by atoms with Crippen LogP contribution in [0.2, 0.25) is 0 Å². The van der Waals surface area contributed by atoms with Gasteiger partial charge in [0.15, 0.2) is 5.69 Å². The maximum Gasteiger partial charge on any atom is 0.290 e. The van der Waals surface area contributed by atoms with Crippen molar-refractivity contribution in [2.45, 2.75) is 6.92 Å². The van der Waals surface area contributed by atoms with E-state index >= 15 is 0 Å². The fourth-order valence-electron chi connectivity index (χ4n) is 1.63. The van der Waals surface area contributed by atoms with Gasteiger partial charge in [-0.1, -0.05) is 0 Å². The molecule has 86 valence electrons. The minimum atomic E-state index is -0.184. The Hall–Kier alpha value is -2.15. The van der Waals surface area contributed by atoms with Crippen molar-refractivity contribution in [3.63, 3.8) is 0 Å². The van der Waals surface area contributed by atoms with Gasteiger partial charge in [-0.15, -0.1) is 11.3 Å². The van der Waals surface area contributed by atoms with Gasteiger partial charge in [0.05, 0.1) is 5.69 Å². The fraction of sp³-hybridized carbons (Fsp3) is 0.100. The number of nitrogens with one attached hydrogen (secondary N) is 2. The molecule has 0 aliphatic carbocycles. The first kappa shape index (κ1) is 10.0. The summed E-state index contributed by atoms with van der Waals surface area (Å²) in [6, 6.07) is 1.84. The summed E-state index contributed by atoms with van der Waals surface area (Å²) in [5.74, 6) is 0. The van der Waals surface area contributed by atoms with Gasteiger partial charge < -0.3 is 5.10 Å². The summed E-state index contributed by atoms with van der Waals surface area (Å²) < 4.78 is 1.56. The normalized spacial score (nSPS) is 10.9. The van der Waals surface area contributed by atoms with Crippen LogP contribution >= 0.6 is 11.3 Å². The number of thiazole rings is 1. The number of hydrogen-bond acceptors (Lipinski definition) is 4. The molecule has 2 N–H and O–H groups in total. The second-order valence-corrected chi connectivity index (χ2v) is 4.43. The lowest BCUT2D eigenvalue weighted by Crippen LogP contribution is -2.09. The summed E-state index contributed by atoms with van der Waals surface area (Å²) in [7, 11) is 0. The molecule has 0 radical (unpaired) electrons. The first-order valence-corrected chi connectivity index (χ1v) is 5.87. The third kappa shape index (κ3) is 1.60. The maximum absolute atomic E-state index is 11.6. The minimum Gasteiger partial charge on any atom is -0.300 e. The molecule has 0 atom stereocenters. The molecule has 0 saturated carbocycles. The zero-order valence-corrected chi connectivity index (χ0v) is 9.78. The van der Waals surface area contributed by atoms with E-state index in [-0.39, 0.29) is 5.56 Å². The quantitative estimate of drug-likeness (QED) is 0.716. The van der Waals surface area contributed by atoms with Crippen molar-refractivity contribution in [1.82, 2.24) is 25.0 Å². The number of aromatic nitrogens is 5. The van der Waals surface area contributed by atoms with Gasteiger partial charge in [-0.3, -0.25) is 9.89 Å². The molecule has 0 aliphatic heterocycles. The Bertz CT molecular complexity index is 690. The van der Waals surface area contributed by atoms with Crippen LogP contribution in [-0.2, 0) is 0 Å². The molecule has 3 rings (SSSR count). The lowest BCUT2D eigenvalue weighted by atomic mass is 10.4. The topological polar surface area (TPSA) is 79.4 Å². The first-order chi connectivity index (χ1) is 8.25. The molecule has 0 aliphatic rings. The largest absolute Gasteiger partial charge is 0.300 e. The molecule has 3 aromatic heterocycles. The monoisotopic (exact) mass is 247 g/mol. The second-order valence-electron chi connectivity index (χ2n) is 3.54. The predicted octanol–water partition coefficient (Wildman–Crippen LogP) is 1.32. The van der Waals surface area contributed by atoms with Gasteiger partial charge in [0.1, 0.15) is 10.7 Å². The summed E-state index contributed by atoms with van der Waals surface area (Å²) in [5.41, 5.74) is 1.84. The molecule has 0 amide bonds. The Morgan fingerprint density at radius 3 is 2.94 bits per heavy atom. The molecule has 0 fully saturated rings. The van der Waals surface area contributed by atoms with E-state index in [2.05, 4.69) is 20.3 Å². The van der Waals surface area contributed by atoms with E-state index in [1.54, 1.807) is 17.1 Å². The van der Waals surface area contributed by atoms with Gasteiger partial charge in [-0.25, -0.2) is 9.67 Å². The van der Waals surface area contributed by atoms with Crippen molar-refractivity contribution >= 4 is 11.3 Å². The van der Waals surface area contributed by atoms with E-state index in [0.717, 1.165) is 16.4 Å². The van der Waals surface area contributed by atoms with Crippen LogP contribution in [0.1, 0.15) is 5.69 Å². The molecular weight excluding hydrogens is 238 g/mol. The van der Waals surface area contributed by atoms with E-state index in [0.29, 0.717) is 5.69 Å². The molecular formula is C10H9N5OS. The average molecular weight is 247 g/mol. The van der Waals surface area contributed by atoms with Gasteiger partial charge in [0.25, 0.3) is 5.56 Å². The van der Waals surface area contributed by atoms with Gasteiger partial charge in [0, 0.05) is 17.8 Å². The summed E-state index contributed by atoms with van der Waals surface area (Å²) in [4.78, 5) is 15.8. The smallest absolute Gasteiger partial charge is 0.290 e. The molecule has 6 nitrogen and oxygen atoms in total. The third-order valence-electron chi connectivity index (χ3n) is 2.40. The Morgan fingerprint density at radius 2 is 2.29 bits per heavy atom. The fourth-order valence-corrected chi connectivity index (χ4v) is 2.23. The minimum absolute atomic E-state index is 0.184. The number of H-pyrrole nitrogens is 2. The zero-order chi connectivity index (χ0) is 11.8. The molecule has 7 heteroatoms. The van der Waals surface area contributed by atoms with Crippen molar-refractivity contribution in [1.29, 1.82) is 0 Å². The third-order valence-corrected chi connectivity index (χ3v) is 3.20. The van der Waals surface area contributed by atoms with Crippen LogP contribution in [0.4, 0.5) is 0 Å². The summed E-state index contributed by atoms with van der Waals surface area (Å²) in [6.07, 6.45) is 3.48. The van der Waals surface area contributed by atoms with Crippen LogP contribution in [0.5, 0.6) is 0 Å². The van der Waals surface area contributed by atoms with Gasteiger partial charge in [0.2, 0.25) is 0 Å². The number of rotatable bonds is 2. The lowest BCUT2D eigenvalue weighted by Gasteiger charge is -1.96. The SMILES string of the molecule is Cc1[nH][nH]c(=O)c1-n1ccc(-c2nccs2)n1. The van der Waals surface area contributed by atoms with Gasteiger partial charge in [-0.2, -0.15) is 5.10 Å². The zero-order valence-electron chi connectivity index (χ0n) is 8.97. The van der Waals surface area contributed by atoms with Crippen LogP contribution < -0.4 is 5.56 Å². The molecule has 3 heterocycles. The average Bonchev–Trinajstić information content (AvgIpc) is 2.98. The van der Waals surface area contributed by atoms with E-state index in [9.17, 15) is 4.79 Å². The standard InChI is InChI=1S/C10H9N5OS/c1-6-8(9(16)13-12-6)15-4-2-7(14-15)10-11-3-5-17-10/h2-5H,1H3,(H2,12,13,16).